The van der Waals surface area contributed by atoms with E-state index in [4.69, 9.17) is 17.3 Å². The Balaban J connectivity index is 1.90. The SMILES string of the molecule is NC(=O)CC1CCN(c2ccc(Cl)cc2)CC1. The topological polar surface area (TPSA) is 46.3 Å². The number of carbonyl (C=O) groups excluding carboxylic acids is 1. The van der Waals surface area contributed by atoms with Gasteiger partial charge in [0.15, 0.2) is 0 Å². The fourth-order valence-electron chi connectivity index (χ4n) is 2.33. The van der Waals surface area contributed by atoms with E-state index in [9.17, 15) is 4.79 Å². The van der Waals surface area contributed by atoms with E-state index >= 15 is 0 Å². The Morgan fingerprint density at radius 3 is 2.41 bits per heavy atom. The standard InChI is InChI=1S/C13H17ClN2O/c14-11-1-3-12(4-2-11)16-7-5-10(6-8-16)9-13(15)17/h1-4,10H,5-9H2,(H2,15,17). The lowest BCUT2D eigenvalue weighted by Gasteiger charge is -2.33. The molecule has 1 aromatic rings. The van der Waals surface area contributed by atoms with Crippen molar-refractivity contribution in [3.05, 3.63) is 29.3 Å². The van der Waals surface area contributed by atoms with E-state index in [-0.39, 0.29) is 5.91 Å². The Morgan fingerprint density at radius 2 is 1.88 bits per heavy atom. The van der Waals surface area contributed by atoms with E-state index in [1.807, 2.05) is 24.3 Å². The number of nitrogens with two attached hydrogens (primary N) is 1. The van der Waals surface area contributed by atoms with E-state index in [1.54, 1.807) is 0 Å². The highest BCUT2D eigenvalue weighted by atomic mass is 35.5. The molecule has 1 aliphatic rings. The molecule has 92 valence electrons. The minimum absolute atomic E-state index is 0.185. The van der Waals surface area contributed by atoms with Crippen LogP contribution in [0, 0.1) is 5.92 Å². The highest BCUT2D eigenvalue weighted by Crippen LogP contribution is 2.25. The summed E-state index contributed by atoms with van der Waals surface area (Å²) >= 11 is 5.86. The second-order valence-electron chi connectivity index (χ2n) is 4.58. The van der Waals surface area contributed by atoms with Crippen molar-refractivity contribution in [1.82, 2.24) is 0 Å². The summed E-state index contributed by atoms with van der Waals surface area (Å²) in [5.74, 6) is 0.269. The number of hydrogen-bond donors (Lipinski definition) is 1. The number of hydrogen-bond acceptors (Lipinski definition) is 2. The van der Waals surface area contributed by atoms with Crippen LogP contribution in [0.2, 0.25) is 5.02 Å². The normalized spacial score (nSPS) is 17.1. The highest BCUT2D eigenvalue weighted by molar-refractivity contribution is 6.30. The Hall–Kier alpha value is -1.22. The van der Waals surface area contributed by atoms with Gasteiger partial charge in [-0.25, -0.2) is 0 Å². The molecular formula is C13H17ClN2O. The van der Waals surface area contributed by atoms with Gasteiger partial charge in [0.05, 0.1) is 0 Å². The fourth-order valence-corrected chi connectivity index (χ4v) is 2.46. The van der Waals surface area contributed by atoms with Gasteiger partial charge in [0.2, 0.25) is 5.91 Å². The van der Waals surface area contributed by atoms with Crippen molar-refractivity contribution in [3.8, 4) is 0 Å². The van der Waals surface area contributed by atoms with Crippen LogP contribution in [-0.4, -0.2) is 19.0 Å². The molecule has 1 saturated heterocycles. The highest BCUT2D eigenvalue weighted by Gasteiger charge is 2.20. The monoisotopic (exact) mass is 252 g/mol. The largest absolute Gasteiger partial charge is 0.372 e. The summed E-state index contributed by atoms with van der Waals surface area (Å²) in [6.07, 6.45) is 2.59. The van der Waals surface area contributed by atoms with E-state index in [1.165, 1.54) is 5.69 Å². The average molecular weight is 253 g/mol. The van der Waals surface area contributed by atoms with Crippen LogP contribution in [0.4, 0.5) is 5.69 Å². The summed E-state index contributed by atoms with van der Waals surface area (Å²) < 4.78 is 0. The van der Waals surface area contributed by atoms with Gasteiger partial charge < -0.3 is 10.6 Å². The van der Waals surface area contributed by atoms with E-state index < -0.39 is 0 Å². The molecule has 0 saturated carbocycles. The van der Waals surface area contributed by atoms with Crippen LogP contribution in [0.3, 0.4) is 0 Å². The van der Waals surface area contributed by atoms with Crippen molar-refractivity contribution in [2.24, 2.45) is 11.7 Å². The molecule has 17 heavy (non-hydrogen) atoms. The fraction of sp³-hybridized carbons (Fsp3) is 0.462. The van der Waals surface area contributed by atoms with E-state index in [0.29, 0.717) is 12.3 Å². The molecule has 0 unspecified atom stereocenters. The Labute approximate surface area is 107 Å². The number of halogens is 1. The lowest BCUT2D eigenvalue weighted by atomic mass is 9.93. The zero-order chi connectivity index (χ0) is 12.3. The Morgan fingerprint density at radius 1 is 1.29 bits per heavy atom. The van der Waals surface area contributed by atoms with Gasteiger partial charge in [-0.3, -0.25) is 4.79 Å². The number of benzene rings is 1. The molecule has 0 aromatic heterocycles. The lowest BCUT2D eigenvalue weighted by molar-refractivity contribution is -0.119. The van der Waals surface area contributed by atoms with Gasteiger partial charge in [0, 0.05) is 30.2 Å². The summed E-state index contributed by atoms with van der Waals surface area (Å²) in [4.78, 5) is 13.2. The van der Waals surface area contributed by atoms with Crippen LogP contribution in [-0.2, 0) is 4.79 Å². The summed E-state index contributed by atoms with van der Waals surface area (Å²) in [6, 6.07) is 7.90. The van der Waals surface area contributed by atoms with Crippen molar-refractivity contribution in [3.63, 3.8) is 0 Å². The second kappa shape index (κ2) is 5.41. The molecule has 0 radical (unpaired) electrons. The molecular weight excluding hydrogens is 236 g/mol. The van der Waals surface area contributed by atoms with Gasteiger partial charge in [0.25, 0.3) is 0 Å². The Bertz CT molecular complexity index is 383. The first-order valence-electron chi connectivity index (χ1n) is 5.94. The number of primary amides is 1. The van der Waals surface area contributed by atoms with Crippen molar-refractivity contribution in [1.29, 1.82) is 0 Å². The lowest BCUT2D eigenvalue weighted by Crippen LogP contribution is -2.34. The molecule has 1 aliphatic heterocycles. The van der Waals surface area contributed by atoms with Gasteiger partial charge >= 0.3 is 0 Å². The molecule has 1 amide bonds. The molecule has 1 fully saturated rings. The molecule has 3 nitrogen and oxygen atoms in total. The van der Waals surface area contributed by atoms with Crippen LogP contribution in [0.25, 0.3) is 0 Å². The molecule has 1 aromatic carbocycles. The number of rotatable bonds is 3. The van der Waals surface area contributed by atoms with Gasteiger partial charge in [-0.15, -0.1) is 0 Å². The number of anilines is 1. The first-order chi connectivity index (χ1) is 8.15. The zero-order valence-corrected chi connectivity index (χ0v) is 10.5. The van der Waals surface area contributed by atoms with Crippen LogP contribution in [0.15, 0.2) is 24.3 Å². The minimum atomic E-state index is -0.185. The van der Waals surface area contributed by atoms with Crippen LogP contribution < -0.4 is 10.6 Å². The van der Waals surface area contributed by atoms with Crippen LogP contribution in [0.5, 0.6) is 0 Å². The molecule has 2 rings (SSSR count). The number of nitrogens with zero attached hydrogens (tertiary/aromatic N) is 1. The minimum Gasteiger partial charge on any atom is -0.372 e. The van der Waals surface area contributed by atoms with Gasteiger partial charge in [-0.05, 0) is 43.0 Å². The number of carbonyl (C=O) groups is 1. The number of piperidine rings is 1. The number of amides is 1. The predicted octanol–water partition coefficient (Wildman–Crippen LogP) is 2.43. The molecule has 0 atom stereocenters. The zero-order valence-electron chi connectivity index (χ0n) is 9.73. The maximum atomic E-state index is 10.9. The quantitative estimate of drug-likeness (QED) is 0.898. The maximum Gasteiger partial charge on any atom is 0.217 e. The molecule has 0 aliphatic carbocycles. The van der Waals surface area contributed by atoms with Crippen molar-refractivity contribution < 1.29 is 4.79 Å². The summed E-state index contributed by atoms with van der Waals surface area (Å²) in [5, 5.41) is 0.761. The predicted molar refractivity (Wildman–Crippen MR) is 70.2 cm³/mol. The van der Waals surface area contributed by atoms with Gasteiger partial charge in [-0.1, -0.05) is 11.6 Å². The molecule has 0 bridgehead atoms. The molecule has 1 heterocycles. The van der Waals surface area contributed by atoms with Crippen molar-refractivity contribution >= 4 is 23.2 Å². The summed E-state index contributed by atoms with van der Waals surface area (Å²) in [5.41, 5.74) is 6.42. The van der Waals surface area contributed by atoms with Crippen LogP contribution >= 0.6 is 11.6 Å². The third-order valence-electron chi connectivity index (χ3n) is 3.30. The summed E-state index contributed by atoms with van der Waals surface area (Å²) in [7, 11) is 0. The van der Waals surface area contributed by atoms with Crippen molar-refractivity contribution in [2.75, 3.05) is 18.0 Å². The second-order valence-corrected chi connectivity index (χ2v) is 5.01. The van der Waals surface area contributed by atoms with Gasteiger partial charge in [0.1, 0.15) is 0 Å². The third-order valence-corrected chi connectivity index (χ3v) is 3.55. The third kappa shape index (κ3) is 3.37. The average Bonchev–Trinajstić information content (AvgIpc) is 2.30. The maximum absolute atomic E-state index is 10.9. The van der Waals surface area contributed by atoms with Crippen molar-refractivity contribution in [2.45, 2.75) is 19.3 Å². The molecule has 2 N–H and O–H groups in total. The smallest absolute Gasteiger partial charge is 0.217 e. The first kappa shape index (κ1) is 12.2. The molecule has 4 heteroatoms. The summed E-state index contributed by atoms with van der Waals surface area (Å²) in [6.45, 7) is 1.97. The Kier molecular flexibility index (Phi) is 3.89. The molecule has 0 spiro atoms. The first-order valence-corrected chi connectivity index (χ1v) is 6.32. The van der Waals surface area contributed by atoms with E-state index in [2.05, 4.69) is 4.90 Å². The van der Waals surface area contributed by atoms with E-state index in [0.717, 1.165) is 31.0 Å². The van der Waals surface area contributed by atoms with Gasteiger partial charge in [-0.2, -0.15) is 0 Å². The van der Waals surface area contributed by atoms with Crippen LogP contribution in [0.1, 0.15) is 19.3 Å².